The Labute approximate surface area is 158 Å². The maximum atomic E-state index is 12.4. The Balaban J connectivity index is 1.75. The minimum atomic E-state index is -0.323. The molecular formula is C19H26N4O4. The van der Waals surface area contributed by atoms with Crippen LogP contribution in [0.2, 0.25) is 0 Å². The van der Waals surface area contributed by atoms with Crippen LogP contribution in [0.5, 0.6) is 11.5 Å². The SMILES string of the molecule is COc1ccc(C2=NN(C3CCN(CC(N)=O)CC3)C(=O)CC2)cc1OC. The third-order valence-corrected chi connectivity index (χ3v) is 5.06. The Morgan fingerprint density at radius 3 is 2.52 bits per heavy atom. The fourth-order valence-corrected chi connectivity index (χ4v) is 3.62. The first-order valence-corrected chi connectivity index (χ1v) is 9.14. The van der Waals surface area contributed by atoms with Crippen molar-refractivity contribution in [1.29, 1.82) is 0 Å². The summed E-state index contributed by atoms with van der Waals surface area (Å²) < 4.78 is 10.7. The van der Waals surface area contributed by atoms with Crippen LogP contribution >= 0.6 is 0 Å². The largest absolute Gasteiger partial charge is 0.493 e. The first-order chi connectivity index (χ1) is 13.0. The quantitative estimate of drug-likeness (QED) is 0.800. The van der Waals surface area contributed by atoms with Gasteiger partial charge >= 0.3 is 0 Å². The van der Waals surface area contributed by atoms with E-state index in [1.807, 2.05) is 23.1 Å². The summed E-state index contributed by atoms with van der Waals surface area (Å²) in [5, 5.41) is 6.30. The molecule has 1 aromatic rings. The van der Waals surface area contributed by atoms with Crippen LogP contribution in [-0.4, -0.2) is 67.3 Å². The van der Waals surface area contributed by atoms with Gasteiger partial charge in [-0.05, 0) is 31.0 Å². The standard InChI is InChI=1S/C19H26N4O4/c1-26-16-5-3-13(11-17(16)27-2)15-4-6-19(25)23(21-15)14-7-9-22(10-8-14)12-18(20)24/h3,5,11,14H,4,6-10,12H2,1-2H3,(H2,20,24). The molecule has 3 rings (SSSR count). The molecule has 1 fully saturated rings. The molecule has 8 heteroatoms. The van der Waals surface area contributed by atoms with Crippen LogP contribution in [0.4, 0.5) is 0 Å². The van der Waals surface area contributed by atoms with E-state index in [1.165, 1.54) is 0 Å². The Kier molecular flexibility index (Phi) is 5.95. The molecule has 8 nitrogen and oxygen atoms in total. The van der Waals surface area contributed by atoms with E-state index in [1.54, 1.807) is 19.2 Å². The van der Waals surface area contributed by atoms with Gasteiger partial charge in [-0.15, -0.1) is 0 Å². The fraction of sp³-hybridized carbons (Fsp3) is 0.526. The molecule has 0 radical (unpaired) electrons. The van der Waals surface area contributed by atoms with Crippen LogP contribution in [-0.2, 0) is 9.59 Å². The molecule has 0 bridgehead atoms. The molecule has 0 unspecified atom stereocenters. The highest BCUT2D eigenvalue weighted by Crippen LogP contribution is 2.30. The van der Waals surface area contributed by atoms with Crippen molar-refractivity contribution in [3.05, 3.63) is 23.8 Å². The Bertz CT molecular complexity index is 741. The third-order valence-electron chi connectivity index (χ3n) is 5.06. The number of nitrogens with two attached hydrogens (primary N) is 1. The number of likely N-dealkylation sites (tertiary alicyclic amines) is 1. The summed E-state index contributed by atoms with van der Waals surface area (Å²) in [6.07, 6.45) is 2.60. The molecule has 1 aromatic carbocycles. The van der Waals surface area contributed by atoms with E-state index in [-0.39, 0.29) is 24.4 Å². The summed E-state index contributed by atoms with van der Waals surface area (Å²) in [5.41, 5.74) is 7.06. The van der Waals surface area contributed by atoms with Gasteiger partial charge in [-0.1, -0.05) is 0 Å². The maximum Gasteiger partial charge on any atom is 0.243 e. The van der Waals surface area contributed by atoms with Crippen molar-refractivity contribution in [2.75, 3.05) is 33.9 Å². The van der Waals surface area contributed by atoms with Crippen LogP contribution in [0, 0.1) is 0 Å². The highest BCUT2D eigenvalue weighted by atomic mass is 16.5. The highest BCUT2D eigenvalue weighted by molar-refractivity contribution is 6.04. The van der Waals surface area contributed by atoms with Crippen molar-refractivity contribution in [3.63, 3.8) is 0 Å². The number of carbonyl (C=O) groups excluding carboxylic acids is 2. The number of nitrogens with zero attached hydrogens (tertiary/aromatic N) is 3. The zero-order valence-corrected chi connectivity index (χ0v) is 15.8. The Hall–Kier alpha value is -2.61. The summed E-state index contributed by atoms with van der Waals surface area (Å²) in [6, 6.07) is 5.72. The van der Waals surface area contributed by atoms with E-state index in [0.29, 0.717) is 24.3 Å². The fourth-order valence-electron chi connectivity index (χ4n) is 3.62. The number of hydrogen-bond acceptors (Lipinski definition) is 6. The topological polar surface area (TPSA) is 97.5 Å². The van der Waals surface area contributed by atoms with Crippen molar-refractivity contribution in [2.24, 2.45) is 10.8 Å². The van der Waals surface area contributed by atoms with Gasteiger partial charge in [-0.2, -0.15) is 5.10 Å². The second-order valence-corrected chi connectivity index (χ2v) is 6.83. The number of amides is 2. The van der Waals surface area contributed by atoms with Gasteiger partial charge in [0.25, 0.3) is 0 Å². The van der Waals surface area contributed by atoms with Crippen molar-refractivity contribution in [1.82, 2.24) is 9.91 Å². The lowest BCUT2D eigenvalue weighted by atomic mass is 10.0. The van der Waals surface area contributed by atoms with Crippen LogP contribution in [0.15, 0.2) is 23.3 Å². The van der Waals surface area contributed by atoms with E-state index < -0.39 is 0 Å². The van der Waals surface area contributed by atoms with Gasteiger partial charge in [-0.3, -0.25) is 14.5 Å². The summed E-state index contributed by atoms with van der Waals surface area (Å²) in [5.74, 6) is 1.03. The van der Waals surface area contributed by atoms with E-state index >= 15 is 0 Å². The minimum Gasteiger partial charge on any atom is -0.493 e. The molecule has 2 amide bonds. The average molecular weight is 374 g/mol. The number of hydrazone groups is 1. The molecule has 0 spiro atoms. The molecule has 0 aliphatic carbocycles. The van der Waals surface area contributed by atoms with Gasteiger partial charge in [0, 0.05) is 31.5 Å². The highest BCUT2D eigenvalue weighted by Gasteiger charge is 2.31. The average Bonchev–Trinajstić information content (AvgIpc) is 2.68. The zero-order valence-electron chi connectivity index (χ0n) is 15.8. The molecule has 0 aromatic heterocycles. The predicted molar refractivity (Wildman–Crippen MR) is 101 cm³/mol. The van der Waals surface area contributed by atoms with Gasteiger partial charge in [0.1, 0.15) is 0 Å². The van der Waals surface area contributed by atoms with Gasteiger partial charge in [-0.25, -0.2) is 5.01 Å². The van der Waals surface area contributed by atoms with E-state index in [9.17, 15) is 9.59 Å². The van der Waals surface area contributed by atoms with Crippen LogP contribution in [0.1, 0.15) is 31.2 Å². The molecule has 0 atom stereocenters. The van der Waals surface area contributed by atoms with Gasteiger partial charge in [0.2, 0.25) is 11.8 Å². The third kappa shape index (κ3) is 4.39. The Morgan fingerprint density at radius 2 is 1.89 bits per heavy atom. The molecule has 2 aliphatic heterocycles. The molecule has 2 N–H and O–H groups in total. The first kappa shape index (κ1) is 19.2. The number of benzene rings is 1. The normalized spacial score (nSPS) is 19.0. The van der Waals surface area contributed by atoms with Gasteiger partial charge in [0.05, 0.1) is 32.5 Å². The number of rotatable bonds is 6. The van der Waals surface area contributed by atoms with Gasteiger partial charge < -0.3 is 15.2 Å². The molecule has 2 heterocycles. The molecule has 146 valence electrons. The lowest BCUT2D eigenvalue weighted by Gasteiger charge is -2.37. The van der Waals surface area contributed by atoms with Crippen molar-refractivity contribution >= 4 is 17.5 Å². The lowest BCUT2D eigenvalue weighted by Crippen LogP contribution is -2.48. The second kappa shape index (κ2) is 8.39. The van der Waals surface area contributed by atoms with E-state index in [4.69, 9.17) is 15.2 Å². The number of primary amides is 1. The smallest absolute Gasteiger partial charge is 0.243 e. The van der Waals surface area contributed by atoms with Crippen LogP contribution < -0.4 is 15.2 Å². The van der Waals surface area contributed by atoms with Gasteiger partial charge in [0.15, 0.2) is 11.5 Å². The van der Waals surface area contributed by atoms with E-state index in [2.05, 4.69) is 5.10 Å². The minimum absolute atomic E-state index is 0.0487. The predicted octanol–water partition coefficient (Wildman–Crippen LogP) is 0.980. The van der Waals surface area contributed by atoms with E-state index in [0.717, 1.165) is 37.2 Å². The number of methoxy groups -OCH3 is 2. The van der Waals surface area contributed by atoms with Crippen molar-refractivity contribution in [2.45, 2.75) is 31.7 Å². The number of piperidine rings is 1. The molecular weight excluding hydrogens is 348 g/mol. The molecule has 1 saturated heterocycles. The summed E-state index contributed by atoms with van der Waals surface area (Å²) in [7, 11) is 3.20. The second-order valence-electron chi connectivity index (χ2n) is 6.83. The summed E-state index contributed by atoms with van der Waals surface area (Å²) in [6.45, 7) is 1.73. The zero-order chi connectivity index (χ0) is 19.4. The number of hydrogen-bond donors (Lipinski definition) is 1. The first-order valence-electron chi connectivity index (χ1n) is 9.14. The lowest BCUT2D eigenvalue weighted by molar-refractivity contribution is -0.135. The number of carbonyl (C=O) groups is 2. The monoisotopic (exact) mass is 374 g/mol. The molecule has 0 saturated carbocycles. The molecule has 2 aliphatic rings. The molecule has 27 heavy (non-hydrogen) atoms. The van der Waals surface area contributed by atoms with Crippen molar-refractivity contribution in [3.8, 4) is 11.5 Å². The Morgan fingerprint density at radius 1 is 1.19 bits per heavy atom. The summed E-state index contributed by atoms with van der Waals surface area (Å²) in [4.78, 5) is 25.5. The van der Waals surface area contributed by atoms with Crippen molar-refractivity contribution < 1.29 is 19.1 Å². The number of ether oxygens (including phenoxy) is 2. The summed E-state index contributed by atoms with van der Waals surface area (Å²) >= 11 is 0. The maximum absolute atomic E-state index is 12.4. The van der Waals surface area contributed by atoms with Crippen LogP contribution in [0.3, 0.4) is 0 Å². The van der Waals surface area contributed by atoms with Crippen LogP contribution in [0.25, 0.3) is 0 Å².